The maximum absolute atomic E-state index is 12.9. The number of hydrogen-bond donors (Lipinski definition) is 3. The van der Waals surface area contributed by atoms with Crippen molar-refractivity contribution in [2.45, 2.75) is 6.04 Å². The van der Waals surface area contributed by atoms with Crippen molar-refractivity contribution in [1.82, 2.24) is 9.88 Å². The summed E-state index contributed by atoms with van der Waals surface area (Å²) >= 11 is 0. The van der Waals surface area contributed by atoms with Crippen LogP contribution in [-0.2, 0) is 0 Å². The van der Waals surface area contributed by atoms with E-state index in [1.165, 1.54) is 0 Å². The number of hydrogen-bond acceptors (Lipinski definition) is 7. The largest absolute Gasteiger partial charge is 0.394 e. The predicted octanol–water partition coefficient (Wildman–Crippen LogP) is 1.63. The molecule has 2 heterocycles. The zero-order chi connectivity index (χ0) is 20.4. The lowest BCUT2D eigenvalue weighted by Gasteiger charge is -2.32. The monoisotopic (exact) mass is 390 g/mol. The standard InChI is InChI=1S/C21H18N4O4/c26-11-14(12-27)25-20(28)16-3-1-2-15-18(5-4-17(19(15)16)21(25)29)24-23-10-13-6-8-22-9-7-13/h1-10,14,24,26-27H,11-12H2/b23-10+. The van der Waals surface area contributed by atoms with Crippen molar-refractivity contribution in [3.63, 3.8) is 0 Å². The second kappa shape index (κ2) is 7.78. The lowest BCUT2D eigenvalue weighted by Crippen LogP contribution is -2.50. The molecule has 3 N–H and O–H groups in total. The van der Waals surface area contributed by atoms with Crippen molar-refractivity contribution in [1.29, 1.82) is 0 Å². The maximum atomic E-state index is 12.9. The third-order valence-corrected chi connectivity index (χ3v) is 4.83. The number of nitrogens with one attached hydrogen (secondary N) is 1. The van der Waals surface area contributed by atoms with Gasteiger partial charge in [-0.1, -0.05) is 12.1 Å². The SMILES string of the molecule is O=C1c2cccc3c(N/N=C/c4ccncc4)ccc(c23)C(=O)N1C(CO)CO. The fraction of sp³-hybridized carbons (Fsp3) is 0.143. The molecule has 1 aliphatic rings. The number of imide groups is 1. The summed E-state index contributed by atoms with van der Waals surface area (Å²) in [5, 5.41) is 24.3. The Kier molecular flexibility index (Phi) is 5.03. The van der Waals surface area contributed by atoms with Crippen LogP contribution in [0.4, 0.5) is 5.69 Å². The number of aliphatic hydroxyl groups is 2. The number of pyridine rings is 1. The highest BCUT2D eigenvalue weighted by molar-refractivity contribution is 6.26. The summed E-state index contributed by atoms with van der Waals surface area (Å²) in [6, 6.07) is 11.1. The molecule has 0 unspecified atom stereocenters. The zero-order valence-corrected chi connectivity index (χ0v) is 15.3. The van der Waals surface area contributed by atoms with Crippen molar-refractivity contribution < 1.29 is 19.8 Å². The van der Waals surface area contributed by atoms with Crippen LogP contribution < -0.4 is 5.43 Å². The Bertz CT molecular complexity index is 1090. The van der Waals surface area contributed by atoms with E-state index in [1.54, 1.807) is 48.9 Å². The Morgan fingerprint density at radius 3 is 2.38 bits per heavy atom. The Morgan fingerprint density at radius 1 is 1.00 bits per heavy atom. The Labute approximate surface area is 166 Å². The quantitative estimate of drug-likeness (QED) is 0.335. The van der Waals surface area contributed by atoms with Crippen LogP contribution in [-0.4, -0.2) is 57.4 Å². The van der Waals surface area contributed by atoms with Crippen molar-refractivity contribution in [3.05, 3.63) is 71.5 Å². The summed E-state index contributed by atoms with van der Waals surface area (Å²) in [5.74, 6) is -1.09. The Hall–Kier alpha value is -3.62. The van der Waals surface area contributed by atoms with Crippen molar-refractivity contribution >= 4 is 34.5 Å². The summed E-state index contributed by atoms with van der Waals surface area (Å²) in [4.78, 5) is 30.7. The average molecular weight is 390 g/mol. The molecule has 0 aliphatic carbocycles. The molecule has 2 amide bonds. The van der Waals surface area contributed by atoms with E-state index in [2.05, 4.69) is 15.5 Å². The van der Waals surface area contributed by atoms with E-state index in [9.17, 15) is 19.8 Å². The first-order valence-electron chi connectivity index (χ1n) is 9.00. The van der Waals surface area contributed by atoms with Crippen LogP contribution in [0.1, 0.15) is 26.3 Å². The molecule has 8 nitrogen and oxygen atoms in total. The zero-order valence-electron chi connectivity index (χ0n) is 15.3. The topological polar surface area (TPSA) is 115 Å². The van der Waals surface area contributed by atoms with Crippen LogP contribution in [0.25, 0.3) is 10.8 Å². The van der Waals surface area contributed by atoms with Gasteiger partial charge in [0, 0.05) is 34.3 Å². The van der Waals surface area contributed by atoms with Gasteiger partial charge in [-0.25, -0.2) is 0 Å². The van der Waals surface area contributed by atoms with E-state index in [-0.39, 0.29) is 0 Å². The molecule has 1 aromatic heterocycles. The number of anilines is 1. The van der Waals surface area contributed by atoms with Crippen LogP contribution >= 0.6 is 0 Å². The normalized spacial score (nSPS) is 13.7. The van der Waals surface area contributed by atoms with E-state index in [0.29, 0.717) is 27.6 Å². The molecule has 8 heteroatoms. The minimum absolute atomic E-state index is 0.339. The smallest absolute Gasteiger partial charge is 0.261 e. The number of rotatable bonds is 6. The first-order valence-corrected chi connectivity index (χ1v) is 9.00. The molecule has 4 rings (SSSR count). The number of carbonyl (C=O) groups is 2. The molecule has 0 spiro atoms. The second-order valence-electron chi connectivity index (χ2n) is 6.54. The fourth-order valence-corrected chi connectivity index (χ4v) is 3.39. The number of benzene rings is 2. The molecule has 3 aromatic rings. The number of nitrogens with zero attached hydrogens (tertiary/aromatic N) is 3. The minimum atomic E-state index is -0.985. The highest BCUT2D eigenvalue weighted by Gasteiger charge is 2.37. The van der Waals surface area contributed by atoms with Crippen LogP contribution in [0.2, 0.25) is 0 Å². The minimum Gasteiger partial charge on any atom is -0.394 e. The average Bonchev–Trinajstić information content (AvgIpc) is 2.76. The predicted molar refractivity (Wildman–Crippen MR) is 108 cm³/mol. The molecule has 29 heavy (non-hydrogen) atoms. The number of aliphatic hydroxyl groups excluding tert-OH is 2. The van der Waals surface area contributed by atoms with Gasteiger partial charge in [0.25, 0.3) is 11.8 Å². The van der Waals surface area contributed by atoms with E-state index < -0.39 is 31.1 Å². The van der Waals surface area contributed by atoms with E-state index in [4.69, 9.17) is 0 Å². The molecule has 146 valence electrons. The molecule has 2 aromatic carbocycles. The highest BCUT2D eigenvalue weighted by atomic mass is 16.3. The molecule has 0 atom stereocenters. The first-order chi connectivity index (χ1) is 14.2. The molecular weight excluding hydrogens is 372 g/mol. The van der Waals surface area contributed by atoms with Crippen molar-refractivity contribution in [2.24, 2.45) is 5.10 Å². The lowest BCUT2D eigenvalue weighted by atomic mass is 9.92. The third-order valence-electron chi connectivity index (χ3n) is 4.83. The van der Waals surface area contributed by atoms with Gasteiger partial charge in [0.15, 0.2) is 0 Å². The van der Waals surface area contributed by atoms with Gasteiger partial charge in [-0.3, -0.25) is 24.9 Å². The van der Waals surface area contributed by atoms with E-state index >= 15 is 0 Å². The Balaban J connectivity index is 1.75. The van der Waals surface area contributed by atoms with Gasteiger partial charge in [0.05, 0.1) is 31.2 Å². The van der Waals surface area contributed by atoms with Gasteiger partial charge in [-0.15, -0.1) is 0 Å². The van der Waals surface area contributed by atoms with E-state index in [0.717, 1.165) is 10.5 Å². The molecule has 0 saturated carbocycles. The lowest BCUT2D eigenvalue weighted by molar-refractivity contribution is 0.0375. The van der Waals surface area contributed by atoms with Crippen LogP contribution in [0, 0.1) is 0 Å². The van der Waals surface area contributed by atoms with Crippen molar-refractivity contribution in [3.8, 4) is 0 Å². The van der Waals surface area contributed by atoms with Crippen LogP contribution in [0.3, 0.4) is 0 Å². The molecule has 1 aliphatic heterocycles. The van der Waals surface area contributed by atoms with Gasteiger partial charge in [-0.2, -0.15) is 5.10 Å². The summed E-state index contributed by atoms with van der Waals surface area (Å²) in [5.41, 5.74) is 5.15. The summed E-state index contributed by atoms with van der Waals surface area (Å²) in [7, 11) is 0. The van der Waals surface area contributed by atoms with Crippen LogP contribution in [0.15, 0.2) is 60.0 Å². The number of carbonyl (C=O) groups excluding carboxylic acids is 2. The molecular formula is C21H18N4O4. The third kappa shape index (κ3) is 3.24. The fourth-order valence-electron chi connectivity index (χ4n) is 3.39. The molecule has 0 radical (unpaired) electrons. The molecule has 0 bridgehead atoms. The van der Waals surface area contributed by atoms with Gasteiger partial charge < -0.3 is 10.2 Å². The van der Waals surface area contributed by atoms with Gasteiger partial charge >= 0.3 is 0 Å². The van der Waals surface area contributed by atoms with Crippen molar-refractivity contribution in [2.75, 3.05) is 18.6 Å². The summed E-state index contributed by atoms with van der Waals surface area (Å²) in [6.07, 6.45) is 4.97. The first kappa shape index (κ1) is 18.7. The van der Waals surface area contributed by atoms with E-state index in [1.807, 2.05) is 12.1 Å². The summed E-state index contributed by atoms with van der Waals surface area (Å²) in [6.45, 7) is -1.02. The maximum Gasteiger partial charge on any atom is 0.261 e. The number of aromatic nitrogens is 1. The molecule has 0 saturated heterocycles. The highest BCUT2D eigenvalue weighted by Crippen LogP contribution is 2.35. The van der Waals surface area contributed by atoms with Gasteiger partial charge in [-0.05, 0) is 35.9 Å². The number of hydrazone groups is 1. The van der Waals surface area contributed by atoms with Crippen LogP contribution in [0.5, 0.6) is 0 Å². The summed E-state index contributed by atoms with van der Waals surface area (Å²) < 4.78 is 0. The molecule has 0 fully saturated rings. The van der Waals surface area contributed by atoms with Gasteiger partial charge in [0.1, 0.15) is 0 Å². The second-order valence-corrected chi connectivity index (χ2v) is 6.54. The number of amides is 2. The van der Waals surface area contributed by atoms with Gasteiger partial charge in [0.2, 0.25) is 0 Å². The Morgan fingerprint density at radius 2 is 1.69 bits per heavy atom.